The minimum absolute atomic E-state index is 0.0490. The summed E-state index contributed by atoms with van der Waals surface area (Å²) in [4.78, 5) is 22.9. The van der Waals surface area contributed by atoms with Crippen LogP contribution in [0.1, 0.15) is 19.4 Å². The molecule has 0 heterocycles. The zero-order valence-electron chi connectivity index (χ0n) is 11.0. The second-order valence-electron chi connectivity index (χ2n) is 3.87. The van der Waals surface area contributed by atoms with Crippen LogP contribution >= 0.6 is 0 Å². The first kappa shape index (κ1) is 14.7. The molecule has 0 aliphatic rings. The number of carboxylic acids is 1. The Kier molecular flexibility index (Phi) is 5.06. The summed E-state index contributed by atoms with van der Waals surface area (Å²) in [5.41, 5.74) is 1.03. The summed E-state index contributed by atoms with van der Waals surface area (Å²) in [6.45, 7) is 6.99. The molecule has 1 N–H and O–H groups in total. The van der Waals surface area contributed by atoms with Crippen LogP contribution in [0.25, 0.3) is 5.57 Å². The molecular formula is C15H16O4. The molecule has 0 aliphatic heterocycles. The number of ether oxygens (including phenoxy) is 1. The molecule has 0 atom stereocenters. The van der Waals surface area contributed by atoms with Crippen LogP contribution in [0.2, 0.25) is 0 Å². The highest BCUT2D eigenvalue weighted by Gasteiger charge is 2.20. The van der Waals surface area contributed by atoms with E-state index in [9.17, 15) is 9.59 Å². The summed E-state index contributed by atoms with van der Waals surface area (Å²) >= 11 is 0. The highest BCUT2D eigenvalue weighted by atomic mass is 16.5. The number of carboxylic acid groups (broad SMARTS) is 1. The van der Waals surface area contributed by atoms with Crippen LogP contribution in [0.15, 0.2) is 48.1 Å². The Balaban J connectivity index is 3.31. The normalized spacial score (nSPS) is 11.5. The van der Waals surface area contributed by atoms with Crippen LogP contribution in [0.5, 0.6) is 0 Å². The highest BCUT2D eigenvalue weighted by Crippen LogP contribution is 2.26. The number of carbonyl (C=O) groups excluding carboxylic acids is 1. The van der Waals surface area contributed by atoms with Crippen molar-refractivity contribution >= 4 is 17.5 Å². The first-order valence-electron chi connectivity index (χ1n) is 5.85. The monoisotopic (exact) mass is 260 g/mol. The fourth-order valence-electron chi connectivity index (χ4n) is 1.65. The molecule has 0 radical (unpaired) electrons. The van der Waals surface area contributed by atoms with Crippen LogP contribution < -0.4 is 0 Å². The molecule has 0 saturated carbocycles. The van der Waals surface area contributed by atoms with Crippen molar-refractivity contribution in [3.63, 3.8) is 0 Å². The van der Waals surface area contributed by atoms with E-state index in [-0.39, 0.29) is 17.8 Å². The third kappa shape index (κ3) is 3.55. The Bertz CT molecular complexity index is 526. The molecule has 0 saturated heterocycles. The lowest BCUT2D eigenvalue weighted by atomic mass is 9.94. The molecule has 0 fully saturated rings. The summed E-state index contributed by atoms with van der Waals surface area (Å²) in [5, 5.41) is 9.12. The molecular weight excluding hydrogens is 244 g/mol. The first-order chi connectivity index (χ1) is 8.99. The van der Waals surface area contributed by atoms with Gasteiger partial charge in [-0.05, 0) is 19.4 Å². The molecule has 0 spiro atoms. The zero-order valence-corrected chi connectivity index (χ0v) is 11.0. The van der Waals surface area contributed by atoms with Crippen molar-refractivity contribution in [3.8, 4) is 0 Å². The van der Waals surface area contributed by atoms with Crippen molar-refractivity contribution in [1.82, 2.24) is 0 Å². The number of esters is 1. The fourth-order valence-corrected chi connectivity index (χ4v) is 1.65. The lowest BCUT2D eigenvalue weighted by Crippen LogP contribution is -2.11. The van der Waals surface area contributed by atoms with Crippen molar-refractivity contribution in [2.45, 2.75) is 13.8 Å². The summed E-state index contributed by atoms with van der Waals surface area (Å²) < 4.78 is 4.87. The van der Waals surface area contributed by atoms with Gasteiger partial charge in [0.25, 0.3) is 0 Å². The van der Waals surface area contributed by atoms with Gasteiger partial charge in [-0.1, -0.05) is 36.9 Å². The second-order valence-corrected chi connectivity index (χ2v) is 3.87. The second kappa shape index (κ2) is 6.54. The third-order valence-electron chi connectivity index (χ3n) is 2.58. The van der Waals surface area contributed by atoms with Gasteiger partial charge >= 0.3 is 11.9 Å². The van der Waals surface area contributed by atoms with E-state index < -0.39 is 11.9 Å². The summed E-state index contributed by atoms with van der Waals surface area (Å²) in [7, 11) is 0. The number of rotatable bonds is 5. The highest BCUT2D eigenvalue weighted by molar-refractivity contribution is 6.11. The predicted molar refractivity (Wildman–Crippen MR) is 72.4 cm³/mol. The SMILES string of the molecule is C=C(C(=O)OCC)C(=C(C)C(=O)O)c1ccccc1. The molecule has 0 aliphatic carbocycles. The molecule has 0 bridgehead atoms. The smallest absolute Gasteiger partial charge is 0.338 e. The maximum Gasteiger partial charge on any atom is 0.338 e. The maximum absolute atomic E-state index is 11.7. The van der Waals surface area contributed by atoms with E-state index >= 15 is 0 Å². The molecule has 0 unspecified atom stereocenters. The Labute approximate surface area is 112 Å². The minimum atomic E-state index is -1.09. The molecule has 0 amide bonds. The number of benzene rings is 1. The summed E-state index contributed by atoms with van der Waals surface area (Å²) in [6, 6.07) is 8.80. The first-order valence-corrected chi connectivity index (χ1v) is 5.85. The van der Waals surface area contributed by atoms with Crippen LogP contribution in [0.4, 0.5) is 0 Å². The third-order valence-corrected chi connectivity index (χ3v) is 2.58. The minimum Gasteiger partial charge on any atom is -0.478 e. The van der Waals surface area contributed by atoms with Crippen LogP contribution in [0, 0.1) is 0 Å². The molecule has 100 valence electrons. The summed E-state index contributed by atoms with van der Waals surface area (Å²) in [6.07, 6.45) is 0. The van der Waals surface area contributed by atoms with E-state index in [4.69, 9.17) is 9.84 Å². The van der Waals surface area contributed by atoms with Crippen molar-refractivity contribution in [2.24, 2.45) is 0 Å². The van der Waals surface area contributed by atoms with Crippen molar-refractivity contribution in [2.75, 3.05) is 6.61 Å². The van der Waals surface area contributed by atoms with Crippen molar-refractivity contribution in [1.29, 1.82) is 0 Å². The van der Waals surface area contributed by atoms with E-state index in [1.165, 1.54) is 6.92 Å². The zero-order chi connectivity index (χ0) is 14.4. The van der Waals surface area contributed by atoms with E-state index in [0.29, 0.717) is 11.1 Å². The molecule has 1 rings (SSSR count). The van der Waals surface area contributed by atoms with Gasteiger partial charge in [-0.2, -0.15) is 0 Å². The van der Waals surface area contributed by atoms with Gasteiger partial charge in [0, 0.05) is 11.1 Å². The predicted octanol–water partition coefficient (Wildman–Crippen LogP) is 2.66. The standard InChI is InChI=1S/C15H16O4/c1-4-19-15(18)11(3)13(10(2)14(16)17)12-8-6-5-7-9-12/h5-9H,3-4H2,1-2H3,(H,16,17). The lowest BCUT2D eigenvalue weighted by molar-refractivity contribution is -0.137. The van der Waals surface area contributed by atoms with Crippen LogP contribution in [-0.2, 0) is 14.3 Å². The number of hydrogen-bond acceptors (Lipinski definition) is 3. The number of hydrogen-bond donors (Lipinski definition) is 1. The van der Waals surface area contributed by atoms with Crippen molar-refractivity contribution < 1.29 is 19.4 Å². The quantitative estimate of drug-likeness (QED) is 0.502. The Morgan fingerprint density at radius 2 is 1.84 bits per heavy atom. The molecule has 1 aromatic rings. The Hall–Kier alpha value is -2.36. The molecule has 1 aromatic carbocycles. The molecule has 4 nitrogen and oxygen atoms in total. The topological polar surface area (TPSA) is 63.6 Å². The molecule has 0 aromatic heterocycles. The van der Waals surface area contributed by atoms with E-state index in [1.54, 1.807) is 31.2 Å². The van der Waals surface area contributed by atoms with Gasteiger partial charge < -0.3 is 9.84 Å². The van der Waals surface area contributed by atoms with Gasteiger partial charge in [-0.15, -0.1) is 0 Å². The van der Waals surface area contributed by atoms with Crippen LogP contribution in [-0.4, -0.2) is 23.7 Å². The average Bonchev–Trinajstić information content (AvgIpc) is 2.40. The van der Waals surface area contributed by atoms with E-state index in [0.717, 1.165) is 0 Å². The fraction of sp³-hybridized carbons (Fsp3) is 0.200. The lowest BCUT2D eigenvalue weighted by Gasteiger charge is -2.12. The number of carbonyl (C=O) groups is 2. The maximum atomic E-state index is 11.7. The van der Waals surface area contributed by atoms with Crippen molar-refractivity contribution in [3.05, 3.63) is 53.6 Å². The number of aliphatic carboxylic acids is 1. The van der Waals surface area contributed by atoms with E-state index in [2.05, 4.69) is 6.58 Å². The molecule has 4 heteroatoms. The van der Waals surface area contributed by atoms with Gasteiger partial charge in [0.05, 0.1) is 12.2 Å². The largest absolute Gasteiger partial charge is 0.478 e. The van der Waals surface area contributed by atoms with Gasteiger partial charge in [-0.3, -0.25) is 0 Å². The Morgan fingerprint density at radius 1 is 1.26 bits per heavy atom. The Morgan fingerprint density at radius 3 is 2.32 bits per heavy atom. The van der Waals surface area contributed by atoms with Gasteiger partial charge in [-0.25, -0.2) is 9.59 Å². The van der Waals surface area contributed by atoms with Gasteiger partial charge in [0.1, 0.15) is 0 Å². The van der Waals surface area contributed by atoms with Gasteiger partial charge in [0.2, 0.25) is 0 Å². The van der Waals surface area contributed by atoms with Crippen LogP contribution in [0.3, 0.4) is 0 Å². The summed E-state index contributed by atoms with van der Waals surface area (Å²) in [5.74, 6) is -1.70. The van der Waals surface area contributed by atoms with Gasteiger partial charge in [0.15, 0.2) is 0 Å². The molecule has 19 heavy (non-hydrogen) atoms. The average molecular weight is 260 g/mol. The van der Waals surface area contributed by atoms with E-state index in [1.807, 2.05) is 6.07 Å².